The lowest BCUT2D eigenvalue weighted by Crippen LogP contribution is -2.30. The topological polar surface area (TPSA) is 92.8 Å². The van der Waals surface area contributed by atoms with E-state index in [0.717, 1.165) is 4.31 Å². The Kier molecular flexibility index (Phi) is 7.53. The second-order valence-electron chi connectivity index (χ2n) is 7.42. The van der Waals surface area contributed by atoms with E-state index in [1.165, 1.54) is 26.2 Å². The molecular weight excluding hydrogens is 464 g/mol. The number of halogens is 1. The van der Waals surface area contributed by atoms with Crippen molar-refractivity contribution < 1.29 is 22.7 Å². The quantitative estimate of drug-likeness (QED) is 0.481. The van der Waals surface area contributed by atoms with Gasteiger partial charge in [0.25, 0.3) is 5.91 Å². The van der Waals surface area contributed by atoms with Crippen molar-refractivity contribution >= 4 is 39.0 Å². The van der Waals surface area contributed by atoms with Crippen LogP contribution >= 0.6 is 11.6 Å². The van der Waals surface area contributed by atoms with Gasteiger partial charge in [-0.15, -0.1) is 0 Å². The molecule has 9 heteroatoms. The number of ketones is 1. The number of carbonyl (C=O) groups is 2. The molecule has 0 saturated heterocycles. The molecule has 0 heterocycles. The fourth-order valence-corrected chi connectivity index (χ4v) is 3.97. The molecule has 1 atom stereocenters. The van der Waals surface area contributed by atoms with Crippen LogP contribution in [0.15, 0.2) is 77.7 Å². The molecule has 0 spiro atoms. The van der Waals surface area contributed by atoms with Gasteiger partial charge in [-0.2, -0.15) is 0 Å². The van der Waals surface area contributed by atoms with Crippen LogP contribution in [0.1, 0.15) is 22.8 Å². The molecule has 1 N–H and O–H groups in total. The maximum Gasteiger partial charge on any atom is 0.265 e. The van der Waals surface area contributed by atoms with Crippen LogP contribution in [0, 0.1) is 0 Å². The van der Waals surface area contributed by atoms with Crippen molar-refractivity contribution in [2.24, 2.45) is 0 Å². The Bertz CT molecular complexity index is 1260. The van der Waals surface area contributed by atoms with Gasteiger partial charge >= 0.3 is 0 Å². The summed E-state index contributed by atoms with van der Waals surface area (Å²) in [5, 5.41) is 3.21. The van der Waals surface area contributed by atoms with Gasteiger partial charge in [0.1, 0.15) is 5.75 Å². The predicted octanol–water partition coefficient (Wildman–Crippen LogP) is 4.23. The van der Waals surface area contributed by atoms with Crippen LogP contribution in [-0.2, 0) is 14.8 Å². The van der Waals surface area contributed by atoms with Crippen LogP contribution in [0.5, 0.6) is 5.75 Å². The molecule has 1 amide bonds. The zero-order chi connectivity index (χ0) is 24.2. The SMILES string of the molecule is CC(Oc1ccc(C(=O)c2ccc(Cl)cc2)cc1)C(=O)Nc1cccc(S(=O)(=O)N(C)C)c1. The fourth-order valence-electron chi connectivity index (χ4n) is 2.90. The van der Waals surface area contributed by atoms with Gasteiger partial charge in [0, 0.05) is 35.9 Å². The highest BCUT2D eigenvalue weighted by atomic mass is 35.5. The van der Waals surface area contributed by atoms with Crippen molar-refractivity contribution in [2.75, 3.05) is 19.4 Å². The highest BCUT2D eigenvalue weighted by Crippen LogP contribution is 2.20. The summed E-state index contributed by atoms with van der Waals surface area (Å²) >= 11 is 5.86. The van der Waals surface area contributed by atoms with E-state index in [9.17, 15) is 18.0 Å². The van der Waals surface area contributed by atoms with E-state index in [4.69, 9.17) is 16.3 Å². The number of carbonyl (C=O) groups excluding carboxylic acids is 2. The van der Waals surface area contributed by atoms with Crippen molar-refractivity contribution in [1.29, 1.82) is 0 Å². The molecule has 0 fully saturated rings. The minimum absolute atomic E-state index is 0.0693. The van der Waals surface area contributed by atoms with Crippen LogP contribution < -0.4 is 10.1 Å². The van der Waals surface area contributed by atoms with E-state index in [1.54, 1.807) is 67.6 Å². The van der Waals surface area contributed by atoms with E-state index in [1.807, 2.05) is 0 Å². The Hall–Kier alpha value is -3.20. The average molecular weight is 487 g/mol. The van der Waals surface area contributed by atoms with Crippen molar-refractivity contribution in [3.05, 3.63) is 88.9 Å². The largest absolute Gasteiger partial charge is 0.481 e. The first-order valence-corrected chi connectivity index (χ1v) is 11.8. The molecule has 0 aliphatic carbocycles. The highest BCUT2D eigenvalue weighted by molar-refractivity contribution is 7.89. The summed E-state index contributed by atoms with van der Waals surface area (Å²) in [4.78, 5) is 25.2. The number of nitrogens with zero attached hydrogens (tertiary/aromatic N) is 1. The van der Waals surface area contributed by atoms with E-state index in [-0.39, 0.29) is 10.7 Å². The number of ether oxygens (including phenoxy) is 1. The van der Waals surface area contributed by atoms with Gasteiger partial charge in [-0.1, -0.05) is 17.7 Å². The molecule has 0 radical (unpaired) electrons. The Morgan fingerprint density at radius 1 is 0.939 bits per heavy atom. The van der Waals surface area contributed by atoms with E-state index in [0.29, 0.717) is 27.6 Å². The van der Waals surface area contributed by atoms with Gasteiger partial charge in [0.2, 0.25) is 10.0 Å². The first-order chi connectivity index (χ1) is 15.6. The normalized spacial score (nSPS) is 12.3. The summed E-state index contributed by atoms with van der Waals surface area (Å²) in [7, 11) is -0.750. The summed E-state index contributed by atoms with van der Waals surface area (Å²) in [6, 6.07) is 19.0. The molecule has 0 aliphatic heterocycles. The minimum Gasteiger partial charge on any atom is -0.481 e. The number of sulfonamides is 1. The number of benzene rings is 3. The molecule has 0 bridgehead atoms. The lowest BCUT2D eigenvalue weighted by Gasteiger charge is -2.16. The Morgan fingerprint density at radius 3 is 2.09 bits per heavy atom. The number of hydrogen-bond donors (Lipinski definition) is 1. The number of anilines is 1. The third-order valence-corrected chi connectivity index (χ3v) is 6.85. The van der Waals surface area contributed by atoms with Crippen molar-refractivity contribution in [2.45, 2.75) is 17.9 Å². The lowest BCUT2D eigenvalue weighted by atomic mass is 10.0. The van der Waals surface area contributed by atoms with Gasteiger partial charge < -0.3 is 10.1 Å². The molecular formula is C24H23ClN2O5S. The molecule has 0 saturated carbocycles. The van der Waals surface area contributed by atoms with Crippen molar-refractivity contribution in [1.82, 2.24) is 4.31 Å². The fraction of sp³-hybridized carbons (Fsp3) is 0.167. The zero-order valence-corrected chi connectivity index (χ0v) is 19.9. The summed E-state index contributed by atoms with van der Waals surface area (Å²) in [6.45, 7) is 1.57. The predicted molar refractivity (Wildman–Crippen MR) is 127 cm³/mol. The van der Waals surface area contributed by atoms with Gasteiger partial charge in [0.15, 0.2) is 11.9 Å². The average Bonchev–Trinajstić information content (AvgIpc) is 2.79. The Balaban J connectivity index is 1.64. The second kappa shape index (κ2) is 10.2. The monoisotopic (exact) mass is 486 g/mol. The number of amides is 1. The third kappa shape index (κ3) is 5.98. The molecule has 3 aromatic carbocycles. The maximum atomic E-state index is 12.5. The van der Waals surface area contributed by atoms with Gasteiger partial charge in [0.05, 0.1) is 4.90 Å². The van der Waals surface area contributed by atoms with Crippen molar-refractivity contribution in [3.63, 3.8) is 0 Å². The molecule has 0 aromatic heterocycles. The standard InChI is InChI=1S/C24H23ClN2O5S/c1-16(24(29)26-20-5-4-6-22(15-20)33(30,31)27(2)3)32-21-13-9-18(10-14-21)23(28)17-7-11-19(25)12-8-17/h4-16H,1-3H3,(H,26,29). The van der Waals surface area contributed by atoms with Gasteiger partial charge in [-0.3, -0.25) is 9.59 Å². The first-order valence-electron chi connectivity index (χ1n) is 9.98. The summed E-state index contributed by atoms with van der Waals surface area (Å²) < 4.78 is 31.3. The molecule has 172 valence electrons. The molecule has 3 rings (SSSR count). The Labute approximate surface area is 198 Å². The van der Waals surface area contributed by atoms with Crippen molar-refractivity contribution in [3.8, 4) is 5.75 Å². The minimum atomic E-state index is -3.62. The van der Waals surface area contributed by atoms with Crippen LogP contribution in [-0.4, -0.2) is 44.6 Å². The maximum absolute atomic E-state index is 12.5. The third-order valence-electron chi connectivity index (χ3n) is 4.79. The summed E-state index contributed by atoms with van der Waals surface area (Å²) in [5.41, 5.74) is 1.32. The van der Waals surface area contributed by atoms with Crippen LogP contribution in [0.2, 0.25) is 5.02 Å². The number of hydrogen-bond acceptors (Lipinski definition) is 5. The lowest BCUT2D eigenvalue weighted by molar-refractivity contribution is -0.122. The van der Waals surface area contributed by atoms with E-state index in [2.05, 4.69) is 5.32 Å². The van der Waals surface area contributed by atoms with Gasteiger partial charge in [-0.05, 0) is 73.7 Å². The van der Waals surface area contributed by atoms with Gasteiger partial charge in [-0.25, -0.2) is 12.7 Å². The second-order valence-corrected chi connectivity index (χ2v) is 10.0. The molecule has 0 aliphatic rings. The van der Waals surface area contributed by atoms with Crippen LogP contribution in [0.4, 0.5) is 5.69 Å². The number of nitrogens with one attached hydrogen (secondary N) is 1. The summed E-state index contributed by atoms with van der Waals surface area (Å²) in [5.74, 6) is -0.193. The number of rotatable bonds is 8. The van der Waals surface area contributed by atoms with E-state index < -0.39 is 22.0 Å². The van der Waals surface area contributed by atoms with E-state index >= 15 is 0 Å². The van der Waals surface area contributed by atoms with Crippen LogP contribution in [0.25, 0.3) is 0 Å². The molecule has 33 heavy (non-hydrogen) atoms. The molecule has 1 unspecified atom stereocenters. The molecule has 7 nitrogen and oxygen atoms in total. The zero-order valence-electron chi connectivity index (χ0n) is 18.3. The summed E-state index contributed by atoms with van der Waals surface area (Å²) in [6.07, 6.45) is -0.864. The Morgan fingerprint density at radius 2 is 1.52 bits per heavy atom. The van der Waals surface area contributed by atoms with Crippen LogP contribution in [0.3, 0.4) is 0 Å². The first kappa shape index (κ1) is 24.4. The molecule has 3 aromatic rings. The smallest absolute Gasteiger partial charge is 0.265 e. The highest BCUT2D eigenvalue weighted by Gasteiger charge is 2.19.